The van der Waals surface area contributed by atoms with Crippen molar-refractivity contribution in [3.63, 3.8) is 0 Å². The summed E-state index contributed by atoms with van der Waals surface area (Å²) in [5.41, 5.74) is 1.49. The maximum absolute atomic E-state index is 13.0. The van der Waals surface area contributed by atoms with Crippen molar-refractivity contribution in [1.82, 2.24) is 19.5 Å². The van der Waals surface area contributed by atoms with E-state index in [9.17, 15) is 4.79 Å². The predicted octanol–water partition coefficient (Wildman–Crippen LogP) is 3.67. The summed E-state index contributed by atoms with van der Waals surface area (Å²) in [5.74, 6) is 0.691. The van der Waals surface area contributed by atoms with Gasteiger partial charge in [-0.3, -0.25) is 9.36 Å². The summed E-state index contributed by atoms with van der Waals surface area (Å²) >= 11 is 3.24. The van der Waals surface area contributed by atoms with Gasteiger partial charge >= 0.3 is 0 Å². The van der Waals surface area contributed by atoms with Crippen LogP contribution in [0, 0.1) is 0 Å². The van der Waals surface area contributed by atoms with Gasteiger partial charge in [0.25, 0.3) is 5.56 Å². The van der Waals surface area contributed by atoms with E-state index in [-0.39, 0.29) is 11.7 Å². The molecule has 1 unspecified atom stereocenters. The first-order valence-corrected chi connectivity index (χ1v) is 11.1. The molecule has 0 spiro atoms. The highest BCUT2D eigenvalue weighted by molar-refractivity contribution is 7.98. The molecule has 142 valence electrons. The van der Waals surface area contributed by atoms with Gasteiger partial charge in [0.1, 0.15) is 0 Å². The fourth-order valence-corrected chi connectivity index (χ4v) is 5.08. The average molecular weight is 403 g/mol. The molecule has 0 amide bonds. The van der Waals surface area contributed by atoms with Gasteiger partial charge in [-0.05, 0) is 37.8 Å². The molecule has 1 fully saturated rings. The Hall–Kier alpha value is -1.77. The number of rotatable bonds is 7. The number of hydrogen-bond acceptors (Lipinski definition) is 7. The summed E-state index contributed by atoms with van der Waals surface area (Å²) in [4.78, 5) is 26.7. The quantitative estimate of drug-likeness (QED) is 0.444. The van der Waals surface area contributed by atoms with Gasteiger partial charge < -0.3 is 4.74 Å². The van der Waals surface area contributed by atoms with Crippen LogP contribution in [-0.2, 0) is 23.5 Å². The molecular weight excluding hydrogens is 380 g/mol. The zero-order valence-electron chi connectivity index (χ0n) is 15.3. The molecule has 3 aromatic rings. The molecule has 0 N–H and O–H groups in total. The summed E-state index contributed by atoms with van der Waals surface area (Å²) in [6.45, 7) is 3.46. The molecule has 4 rings (SSSR count). The summed E-state index contributed by atoms with van der Waals surface area (Å²) in [5, 5.41) is 4.50. The van der Waals surface area contributed by atoms with E-state index in [1.54, 1.807) is 46.0 Å². The minimum absolute atomic E-state index is 0.0453. The molecule has 0 radical (unpaired) electrons. The molecule has 1 aliphatic heterocycles. The molecule has 8 heteroatoms. The van der Waals surface area contributed by atoms with E-state index in [2.05, 4.69) is 27.3 Å². The van der Waals surface area contributed by atoms with Crippen molar-refractivity contribution in [2.45, 2.75) is 56.2 Å². The largest absolute Gasteiger partial charge is 0.376 e. The number of fused-ring (bicyclic) bond motifs is 1. The Morgan fingerprint density at radius 2 is 2.33 bits per heavy atom. The third-order valence-corrected chi connectivity index (χ3v) is 6.48. The summed E-state index contributed by atoms with van der Waals surface area (Å²) < 4.78 is 7.50. The van der Waals surface area contributed by atoms with Gasteiger partial charge in [-0.1, -0.05) is 18.7 Å². The van der Waals surface area contributed by atoms with Gasteiger partial charge in [-0.2, -0.15) is 0 Å². The zero-order chi connectivity index (χ0) is 18.6. The van der Waals surface area contributed by atoms with Crippen LogP contribution in [0.4, 0.5) is 0 Å². The van der Waals surface area contributed by atoms with Crippen LogP contribution in [0.25, 0.3) is 11.0 Å². The number of aryl methyl sites for hydroxylation is 1. The number of ether oxygens (including phenoxy) is 1. The van der Waals surface area contributed by atoms with Gasteiger partial charge in [0.2, 0.25) is 0 Å². The maximum Gasteiger partial charge on any atom is 0.263 e. The number of nitrogens with zero attached hydrogens (tertiary/aromatic N) is 4. The Morgan fingerprint density at radius 1 is 1.41 bits per heavy atom. The lowest BCUT2D eigenvalue weighted by Gasteiger charge is -2.16. The van der Waals surface area contributed by atoms with Crippen molar-refractivity contribution in [3.05, 3.63) is 44.8 Å². The van der Waals surface area contributed by atoms with Gasteiger partial charge in [0.15, 0.2) is 10.8 Å². The zero-order valence-corrected chi connectivity index (χ0v) is 16.9. The van der Waals surface area contributed by atoms with Gasteiger partial charge in [-0.15, -0.1) is 11.3 Å². The van der Waals surface area contributed by atoms with Crippen LogP contribution in [0.5, 0.6) is 0 Å². The van der Waals surface area contributed by atoms with E-state index in [4.69, 9.17) is 4.74 Å². The first-order valence-electron chi connectivity index (χ1n) is 9.28. The Bertz CT molecular complexity index is 979. The van der Waals surface area contributed by atoms with Crippen molar-refractivity contribution < 1.29 is 4.74 Å². The monoisotopic (exact) mass is 402 g/mol. The third-order valence-electron chi connectivity index (χ3n) is 4.52. The van der Waals surface area contributed by atoms with Gasteiger partial charge in [-0.25, -0.2) is 15.0 Å². The smallest absolute Gasteiger partial charge is 0.263 e. The van der Waals surface area contributed by atoms with Crippen LogP contribution >= 0.6 is 23.1 Å². The summed E-state index contributed by atoms with van der Waals surface area (Å²) in [6, 6.07) is 3.56. The van der Waals surface area contributed by atoms with Crippen LogP contribution in [0.15, 0.2) is 33.7 Å². The van der Waals surface area contributed by atoms with Crippen LogP contribution in [0.1, 0.15) is 36.9 Å². The second kappa shape index (κ2) is 8.50. The van der Waals surface area contributed by atoms with Crippen molar-refractivity contribution in [1.29, 1.82) is 0 Å². The molecule has 6 nitrogen and oxygen atoms in total. The second-order valence-corrected chi connectivity index (χ2v) is 8.48. The number of aromatic nitrogens is 4. The molecular formula is C19H22N4O2S2. The molecule has 0 aromatic carbocycles. The maximum atomic E-state index is 13.0. The van der Waals surface area contributed by atoms with E-state index >= 15 is 0 Å². The van der Waals surface area contributed by atoms with Crippen molar-refractivity contribution >= 4 is 34.1 Å². The SMILES string of the molecule is CCCc1nc(CSc2nc3ncccc3c(=O)n2CC2CCCO2)cs1. The molecule has 1 aliphatic rings. The molecule has 0 bridgehead atoms. The normalized spacial score (nSPS) is 17.0. The van der Waals surface area contributed by atoms with E-state index in [0.717, 1.165) is 43.0 Å². The number of thioether (sulfide) groups is 1. The highest BCUT2D eigenvalue weighted by atomic mass is 32.2. The van der Waals surface area contributed by atoms with E-state index in [1.807, 2.05) is 0 Å². The van der Waals surface area contributed by atoms with Crippen molar-refractivity contribution in [2.75, 3.05) is 6.61 Å². The van der Waals surface area contributed by atoms with Gasteiger partial charge in [0.05, 0.1) is 28.7 Å². The molecule has 0 saturated carbocycles. The van der Waals surface area contributed by atoms with E-state index < -0.39 is 0 Å². The third kappa shape index (κ3) is 4.23. The van der Waals surface area contributed by atoms with Crippen LogP contribution in [-0.4, -0.2) is 32.2 Å². The minimum atomic E-state index is -0.0453. The lowest BCUT2D eigenvalue weighted by atomic mass is 10.2. The highest BCUT2D eigenvalue weighted by Gasteiger charge is 2.20. The molecule has 27 heavy (non-hydrogen) atoms. The molecule has 1 atom stereocenters. The van der Waals surface area contributed by atoms with Crippen molar-refractivity contribution in [3.8, 4) is 0 Å². The van der Waals surface area contributed by atoms with Crippen LogP contribution < -0.4 is 5.56 Å². The first-order chi connectivity index (χ1) is 13.2. The lowest BCUT2D eigenvalue weighted by molar-refractivity contribution is 0.0937. The molecule has 3 aromatic heterocycles. The standard InChI is InChI=1S/C19H22N4O2S2/c1-2-5-16-21-13(11-26-16)12-27-19-22-17-15(7-3-8-20-17)18(24)23(19)10-14-6-4-9-25-14/h3,7-8,11,14H,2,4-6,9-10,12H2,1H3. The average Bonchev–Trinajstić information content (AvgIpc) is 3.35. The molecule has 0 aliphatic carbocycles. The first kappa shape index (κ1) is 18.6. The highest BCUT2D eigenvalue weighted by Crippen LogP contribution is 2.24. The fraction of sp³-hybridized carbons (Fsp3) is 0.474. The fourth-order valence-electron chi connectivity index (χ4n) is 3.18. The number of pyridine rings is 1. The Labute approximate surface area is 166 Å². The summed E-state index contributed by atoms with van der Waals surface area (Å²) in [7, 11) is 0. The van der Waals surface area contributed by atoms with E-state index in [1.165, 1.54) is 0 Å². The Kier molecular flexibility index (Phi) is 5.85. The topological polar surface area (TPSA) is 69.9 Å². The molecule has 1 saturated heterocycles. The Balaban J connectivity index is 1.63. The van der Waals surface area contributed by atoms with Crippen molar-refractivity contribution in [2.24, 2.45) is 0 Å². The summed E-state index contributed by atoms with van der Waals surface area (Å²) in [6.07, 6.45) is 5.88. The number of thiazole rings is 1. The van der Waals surface area contributed by atoms with Gasteiger partial charge in [0, 0.05) is 23.9 Å². The minimum Gasteiger partial charge on any atom is -0.376 e. The number of hydrogen-bond donors (Lipinski definition) is 0. The van der Waals surface area contributed by atoms with Crippen LogP contribution in [0.2, 0.25) is 0 Å². The predicted molar refractivity (Wildman–Crippen MR) is 108 cm³/mol. The lowest BCUT2D eigenvalue weighted by Crippen LogP contribution is -2.29. The Morgan fingerprint density at radius 3 is 3.15 bits per heavy atom. The molecule has 4 heterocycles. The van der Waals surface area contributed by atoms with E-state index in [0.29, 0.717) is 28.5 Å². The second-order valence-electron chi connectivity index (χ2n) is 6.59. The van der Waals surface area contributed by atoms with Crippen LogP contribution in [0.3, 0.4) is 0 Å².